The predicted octanol–water partition coefficient (Wildman–Crippen LogP) is 0.924. The Morgan fingerprint density at radius 3 is 3.00 bits per heavy atom. The third-order valence-electron chi connectivity index (χ3n) is 2.24. The smallest absolute Gasteiger partial charge is 0.223 e. The third-order valence-corrected chi connectivity index (χ3v) is 2.88. The normalized spacial score (nSPS) is 17.9. The van der Waals surface area contributed by atoms with E-state index in [2.05, 4.69) is 27.2 Å². The van der Waals surface area contributed by atoms with Gasteiger partial charge in [-0.05, 0) is 19.4 Å². The Morgan fingerprint density at radius 1 is 1.57 bits per heavy atom. The fraction of sp³-hybridized carbons (Fsp3) is 0.556. The van der Waals surface area contributed by atoms with E-state index >= 15 is 0 Å². The second-order valence-corrected chi connectivity index (χ2v) is 4.31. The molecule has 2 heterocycles. The molecule has 0 saturated carbocycles. The van der Waals surface area contributed by atoms with Crippen molar-refractivity contribution in [2.24, 2.45) is 0 Å². The van der Waals surface area contributed by atoms with Crippen LogP contribution in [-0.2, 0) is 0 Å². The van der Waals surface area contributed by atoms with Crippen molar-refractivity contribution in [1.29, 1.82) is 0 Å². The Labute approximate surface area is 88.1 Å². The van der Waals surface area contributed by atoms with Gasteiger partial charge in [-0.3, -0.25) is 0 Å². The first kappa shape index (κ1) is 9.73. The van der Waals surface area contributed by atoms with E-state index in [1.165, 1.54) is 0 Å². The number of nitrogens with one attached hydrogen (secondary N) is 1. The maximum atomic E-state index is 4.36. The maximum absolute atomic E-state index is 4.36. The lowest BCUT2D eigenvalue weighted by atomic mass is 10.1. The highest BCUT2D eigenvalue weighted by atomic mass is 32.2. The fourth-order valence-corrected chi connectivity index (χ4v) is 1.87. The minimum absolute atomic E-state index is 0.511. The monoisotopic (exact) mass is 210 g/mol. The topological polar surface area (TPSA) is 41.1 Å². The molecule has 1 aliphatic rings. The Hall–Kier alpha value is -0.810. The Balaban J connectivity index is 1.95. The van der Waals surface area contributed by atoms with Crippen LogP contribution in [0, 0.1) is 0 Å². The van der Waals surface area contributed by atoms with E-state index in [4.69, 9.17) is 0 Å². The van der Waals surface area contributed by atoms with E-state index in [9.17, 15) is 0 Å². The summed E-state index contributed by atoms with van der Waals surface area (Å²) in [5.41, 5.74) is 0. The molecule has 0 radical (unpaired) electrons. The van der Waals surface area contributed by atoms with Crippen LogP contribution in [0.3, 0.4) is 0 Å². The second-order valence-electron chi connectivity index (χ2n) is 3.49. The molecule has 2 rings (SSSR count). The molecule has 1 saturated heterocycles. The Kier molecular flexibility index (Phi) is 2.88. The molecule has 0 aromatic carbocycles. The van der Waals surface area contributed by atoms with Gasteiger partial charge in [-0.25, -0.2) is 9.97 Å². The fourth-order valence-electron chi connectivity index (χ4n) is 1.50. The molecular weight excluding hydrogens is 196 g/mol. The molecule has 1 aliphatic heterocycles. The predicted molar refractivity (Wildman–Crippen MR) is 58.7 cm³/mol. The van der Waals surface area contributed by atoms with Crippen LogP contribution in [0.25, 0.3) is 0 Å². The molecule has 1 N–H and O–H groups in total. The highest BCUT2D eigenvalue weighted by Crippen LogP contribution is 2.14. The van der Waals surface area contributed by atoms with Crippen molar-refractivity contribution < 1.29 is 0 Å². The summed E-state index contributed by atoms with van der Waals surface area (Å²) in [7, 11) is 2.11. The summed E-state index contributed by atoms with van der Waals surface area (Å²) < 4.78 is 0. The summed E-state index contributed by atoms with van der Waals surface area (Å²) in [6.45, 7) is 2.15. The zero-order chi connectivity index (χ0) is 9.97. The molecule has 4 nitrogen and oxygen atoms in total. The van der Waals surface area contributed by atoms with Crippen molar-refractivity contribution in [1.82, 2.24) is 14.9 Å². The van der Waals surface area contributed by atoms with Crippen LogP contribution in [0.15, 0.2) is 17.3 Å². The zero-order valence-corrected chi connectivity index (χ0v) is 9.21. The number of nitrogens with zero attached hydrogens (tertiary/aromatic N) is 3. The van der Waals surface area contributed by atoms with E-state index < -0.39 is 0 Å². The maximum Gasteiger partial charge on any atom is 0.223 e. The van der Waals surface area contributed by atoms with E-state index in [0.717, 1.165) is 24.1 Å². The number of hydrogen-bond donors (Lipinski definition) is 1. The van der Waals surface area contributed by atoms with E-state index in [1.807, 2.05) is 12.3 Å². The lowest BCUT2D eigenvalue weighted by Crippen LogP contribution is -2.52. The Bertz CT molecular complexity index is 311. The first-order chi connectivity index (χ1) is 6.78. The van der Waals surface area contributed by atoms with Crippen LogP contribution < -0.4 is 5.32 Å². The lowest BCUT2D eigenvalue weighted by molar-refractivity contribution is 0.204. The minimum Gasteiger partial charge on any atom is -0.349 e. The summed E-state index contributed by atoms with van der Waals surface area (Å²) >= 11 is 1.63. The lowest BCUT2D eigenvalue weighted by Gasteiger charge is -2.36. The molecule has 1 aromatic heterocycles. The summed E-state index contributed by atoms with van der Waals surface area (Å²) in [6, 6.07) is 2.43. The Morgan fingerprint density at radius 2 is 2.36 bits per heavy atom. The van der Waals surface area contributed by atoms with Gasteiger partial charge in [-0.15, -0.1) is 11.8 Å². The number of likely N-dealkylation sites (tertiary alicyclic amines) is 1. The van der Waals surface area contributed by atoms with Crippen molar-refractivity contribution in [2.75, 3.05) is 31.7 Å². The molecule has 14 heavy (non-hydrogen) atoms. The molecular formula is C9H14N4S. The standard InChI is InChI=1S/C9H14N4S/c1-13-5-7(6-13)11-9-10-4-3-8(12-9)14-2/h3-4,7H,5-6H2,1-2H3,(H,10,11,12). The van der Waals surface area contributed by atoms with Crippen LogP contribution in [0.5, 0.6) is 0 Å². The highest BCUT2D eigenvalue weighted by molar-refractivity contribution is 7.98. The summed E-state index contributed by atoms with van der Waals surface area (Å²) in [5.74, 6) is 0.745. The summed E-state index contributed by atoms with van der Waals surface area (Å²) in [4.78, 5) is 10.8. The van der Waals surface area contributed by atoms with Crippen LogP contribution >= 0.6 is 11.8 Å². The molecule has 1 aromatic rings. The van der Waals surface area contributed by atoms with Gasteiger partial charge < -0.3 is 10.2 Å². The quantitative estimate of drug-likeness (QED) is 0.593. The van der Waals surface area contributed by atoms with Crippen molar-refractivity contribution in [3.05, 3.63) is 12.3 Å². The average Bonchev–Trinajstić information content (AvgIpc) is 2.16. The molecule has 0 unspecified atom stereocenters. The molecule has 5 heteroatoms. The van der Waals surface area contributed by atoms with Gasteiger partial charge in [-0.1, -0.05) is 0 Å². The van der Waals surface area contributed by atoms with Crippen LogP contribution in [0.1, 0.15) is 0 Å². The molecule has 0 spiro atoms. The molecule has 0 bridgehead atoms. The zero-order valence-electron chi connectivity index (χ0n) is 8.40. The minimum atomic E-state index is 0.511. The number of likely N-dealkylation sites (N-methyl/N-ethyl adjacent to an activating group) is 1. The van der Waals surface area contributed by atoms with E-state index in [-0.39, 0.29) is 0 Å². The SMILES string of the molecule is CSc1ccnc(NC2CN(C)C2)n1. The molecule has 0 atom stereocenters. The molecule has 0 amide bonds. The summed E-state index contributed by atoms with van der Waals surface area (Å²) in [6.07, 6.45) is 3.81. The first-order valence-corrected chi connectivity index (χ1v) is 5.82. The van der Waals surface area contributed by atoms with Crippen molar-refractivity contribution in [2.45, 2.75) is 11.1 Å². The number of hydrogen-bond acceptors (Lipinski definition) is 5. The van der Waals surface area contributed by atoms with Crippen molar-refractivity contribution in [3.8, 4) is 0 Å². The number of thioether (sulfide) groups is 1. The van der Waals surface area contributed by atoms with Crippen LogP contribution in [0.4, 0.5) is 5.95 Å². The van der Waals surface area contributed by atoms with Gasteiger partial charge in [0.1, 0.15) is 5.03 Å². The number of aromatic nitrogens is 2. The van der Waals surface area contributed by atoms with Gasteiger partial charge in [0.15, 0.2) is 0 Å². The first-order valence-electron chi connectivity index (χ1n) is 4.60. The molecule has 0 aliphatic carbocycles. The van der Waals surface area contributed by atoms with Crippen molar-refractivity contribution in [3.63, 3.8) is 0 Å². The van der Waals surface area contributed by atoms with Gasteiger partial charge in [0.25, 0.3) is 0 Å². The third kappa shape index (κ3) is 2.16. The van der Waals surface area contributed by atoms with Crippen molar-refractivity contribution >= 4 is 17.7 Å². The largest absolute Gasteiger partial charge is 0.349 e. The molecule has 76 valence electrons. The van der Waals surface area contributed by atoms with Gasteiger partial charge in [0, 0.05) is 19.3 Å². The van der Waals surface area contributed by atoms with Gasteiger partial charge in [0.05, 0.1) is 6.04 Å². The molecule has 1 fully saturated rings. The van der Waals surface area contributed by atoms with Gasteiger partial charge >= 0.3 is 0 Å². The number of rotatable bonds is 3. The van der Waals surface area contributed by atoms with Crippen LogP contribution in [0.2, 0.25) is 0 Å². The second kappa shape index (κ2) is 4.14. The number of anilines is 1. The average molecular weight is 210 g/mol. The highest BCUT2D eigenvalue weighted by Gasteiger charge is 2.23. The van der Waals surface area contributed by atoms with Gasteiger partial charge in [0.2, 0.25) is 5.95 Å². The van der Waals surface area contributed by atoms with Crippen LogP contribution in [-0.4, -0.2) is 47.3 Å². The van der Waals surface area contributed by atoms with E-state index in [1.54, 1.807) is 18.0 Å². The van der Waals surface area contributed by atoms with E-state index in [0.29, 0.717) is 6.04 Å². The summed E-state index contributed by atoms with van der Waals surface area (Å²) in [5, 5.41) is 4.32. The van der Waals surface area contributed by atoms with Gasteiger partial charge in [-0.2, -0.15) is 0 Å².